The van der Waals surface area contributed by atoms with Crippen molar-refractivity contribution in [3.8, 4) is 0 Å². The van der Waals surface area contributed by atoms with Gasteiger partial charge in [-0.15, -0.1) is 0 Å². The molecule has 10 heteroatoms. The summed E-state index contributed by atoms with van der Waals surface area (Å²) < 4.78 is 5.13. The smallest absolute Gasteiger partial charge is 0.242 e. The lowest BCUT2D eigenvalue weighted by Gasteiger charge is -2.16. The van der Waals surface area contributed by atoms with Crippen molar-refractivity contribution in [2.75, 3.05) is 10.6 Å². The molecule has 0 saturated carbocycles. The van der Waals surface area contributed by atoms with Gasteiger partial charge in [-0.3, -0.25) is 4.79 Å². The van der Waals surface area contributed by atoms with Crippen LogP contribution < -0.4 is 16.0 Å². The molecule has 3 rings (SSSR count). The molecule has 168 valence electrons. The minimum absolute atomic E-state index is 0.157. The Hall–Kier alpha value is -2.44. The zero-order valence-electron chi connectivity index (χ0n) is 17.4. The van der Waals surface area contributed by atoms with Crippen molar-refractivity contribution in [2.24, 2.45) is 0 Å². The van der Waals surface area contributed by atoms with Crippen LogP contribution in [-0.4, -0.2) is 21.9 Å². The maximum Gasteiger partial charge on any atom is 0.242 e. The van der Waals surface area contributed by atoms with E-state index in [1.54, 1.807) is 25.1 Å². The van der Waals surface area contributed by atoms with E-state index in [9.17, 15) is 4.79 Å². The van der Waals surface area contributed by atoms with Crippen LogP contribution in [0.25, 0.3) is 0 Å². The summed E-state index contributed by atoms with van der Waals surface area (Å²) in [5.41, 5.74) is 2.63. The Bertz CT molecular complexity index is 1050. The number of benzene rings is 2. The van der Waals surface area contributed by atoms with E-state index in [1.807, 2.05) is 36.4 Å². The highest BCUT2D eigenvalue weighted by molar-refractivity contribution is 7.09. The molecule has 0 radical (unpaired) electrons. The summed E-state index contributed by atoms with van der Waals surface area (Å²) in [5.74, 6) is 0.774. The van der Waals surface area contributed by atoms with Crippen molar-refractivity contribution in [2.45, 2.75) is 32.7 Å². The first kappa shape index (κ1) is 24.2. The zero-order chi connectivity index (χ0) is 22.9. The van der Waals surface area contributed by atoms with Crippen molar-refractivity contribution < 1.29 is 9.32 Å². The predicted octanol–water partition coefficient (Wildman–Crippen LogP) is 4.82. The van der Waals surface area contributed by atoms with Gasteiger partial charge in [-0.1, -0.05) is 47.5 Å². The summed E-state index contributed by atoms with van der Waals surface area (Å²) in [4.78, 5) is 21.5. The van der Waals surface area contributed by atoms with E-state index in [0.717, 1.165) is 11.1 Å². The molecule has 32 heavy (non-hydrogen) atoms. The number of carbonyl (C=O) groups excluding carboxylic acids is 1. The number of halogens is 2. The van der Waals surface area contributed by atoms with Gasteiger partial charge in [-0.05, 0) is 42.3 Å². The van der Waals surface area contributed by atoms with Crippen LogP contribution >= 0.6 is 32.7 Å². The Kier molecular flexibility index (Phi) is 9.06. The maximum atomic E-state index is 12.5. The fourth-order valence-corrected chi connectivity index (χ4v) is 3.38. The molecule has 0 saturated heterocycles. The second-order valence-electron chi connectivity index (χ2n) is 7.07. The van der Waals surface area contributed by atoms with E-state index in [-0.39, 0.29) is 12.5 Å². The van der Waals surface area contributed by atoms with Gasteiger partial charge in [0.25, 0.3) is 0 Å². The number of anilines is 2. The second-order valence-corrected chi connectivity index (χ2v) is 8.28. The highest BCUT2D eigenvalue weighted by atomic mass is 35.5. The average molecular weight is 492 g/mol. The van der Waals surface area contributed by atoms with Gasteiger partial charge in [-0.2, -0.15) is 4.98 Å². The van der Waals surface area contributed by atoms with Crippen LogP contribution in [0.4, 0.5) is 11.8 Å². The quantitative estimate of drug-likeness (QED) is 0.352. The lowest BCUT2D eigenvalue weighted by molar-refractivity contribution is -0.121. The van der Waals surface area contributed by atoms with E-state index in [2.05, 4.69) is 35.4 Å². The summed E-state index contributed by atoms with van der Waals surface area (Å²) >= 11 is 11.9. The van der Waals surface area contributed by atoms with Crippen LogP contribution in [0.15, 0.2) is 54.6 Å². The molecule has 1 amide bonds. The van der Waals surface area contributed by atoms with Gasteiger partial charge in [0.1, 0.15) is 11.9 Å². The van der Waals surface area contributed by atoms with Crippen LogP contribution in [0.1, 0.15) is 23.7 Å². The Morgan fingerprint density at radius 2 is 1.81 bits per heavy atom. The third-order valence-electron chi connectivity index (χ3n) is 4.49. The zero-order valence-corrected chi connectivity index (χ0v) is 20.1. The lowest BCUT2D eigenvalue weighted by atomic mass is 10.2. The Morgan fingerprint density at radius 1 is 1.03 bits per heavy atom. The molecule has 3 aromatic rings. The molecule has 0 bridgehead atoms. The van der Waals surface area contributed by atoms with Crippen LogP contribution in [-0.2, 0) is 29.0 Å². The summed E-state index contributed by atoms with van der Waals surface area (Å²) in [6.07, 6.45) is 0. The highest BCUT2D eigenvalue weighted by Crippen LogP contribution is 2.16. The summed E-state index contributed by atoms with van der Waals surface area (Å²) in [7, 11) is 2.20. The predicted molar refractivity (Wildman–Crippen MR) is 132 cm³/mol. The molecule has 0 aliphatic carbocycles. The standard InChI is InChI=1S/C22H24Cl2N5O2P/c1-14(21(30)25-11-15-5-7-17(23)8-6-15)27-20-10-19(13-31-32)28-22(29-20)26-12-16-3-2-4-18(24)9-16/h2-10,14H,11-13,32H2,1H3,(H,25,30)(H2,26,27,28,29)/t14-/m1/s1. The van der Waals surface area contributed by atoms with E-state index >= 15 is 0 Å². The van der Waals surface area contributed by atoms with Gasteiger partial charge in [0.05, 0.1) is 12.3 Å². The number of nitrogens with zero attached hydrogens (tertiary/aromatic N) is 2. The molecule has 0 aliphatic heterocycles. The topological polar surface area (TPSA) is 88.2 Å². The molecule has 3 N–H and O–H groups in total. The molecular weight excluding hydrogens is 468 g/mol. The SMILES string of the molecule is C[C@@H](Nc1cc(COP)nc(NCc2cccc(Cl)c2)n1)C(=O)NCc1ccc(Cl)cc1. The number of rotatable bonds is 10. The monoisotopic (exact) mass is 491 g/mol. The van der Waals surface area contributed by atoms with E-state index in [4.69, 9.17) is 27.7 Å². The molecule has 7 nitrogen and oxygen atoms in total. The minimum Gasteiger partial charge on any atom is -0.359 e. The largest absolute Gasteiger partial charge is 0.359 e. The molecule has 0 spiro atoms. The third kappa shape index (κ3) is 7.61. The van der Waals surface area contributed by atoms with Crippen LogP contribution in [0.2, 0.25) is 10.0 Å². The first-order valence-electron chi connectivity index (χ1n) is 9.89. The van der Waals surface area contributed by atoms with Gasteiger partial charge in [-0.25, -0.2) is 4.98 Å². The molecule has 1 aromatic heterocycles. The molecule has 0 aliphatic rings. The van der Waals surface area contributed by atoms with Crippen molar-refractivity contribution >= 4 is 50.3 Å². The molecular formula is C22H24Cl2N5O2P. The van der Waals surface area contributed by atoms with E-state index in [1.165, 1.54) is 0 Å². The lowest BCUT2D eigenvalue weighted by Crippen LogP contribution is -2.37. The minimum atomic E-state index is -0.511. The first-order valence-corrected chi connectivity index (χ1v) is 11.1. The Labute approximate surface area is 199 Å². The second kappa shape index (κ2) is 12.0. The number of nitrogens with one attached hydrogen (secondary N) is 3. The Morgan fingerprint density at radius 3 is 2.53 bits per heavy atom. The van der Waals surface area contributed by atoms with Crippen LogP contribution in [0.3, 0.4) is 0 Å². The number of amides is 1. The molecule has 1 unspecified atom stereocenters. The van der Waals surface area contributed by atoms with Crippen molar-refractivity contribution in [3.63, 3.8) is 0 Å². The maximum absolute atomic E-state index is 12.5. The van der Waals surface area contributed by atoms with Gasteiger partial charge < -0.3 is 20.5 Å². The summed E-state index contributed by atoms with van der Waals surface area (Å²) in [6, 6.07) is 16.1. The first-order chi connectivity index (χ1) is 15.4. The fraction of sp³-hybridized carbons (Fsp3) is 0.227. The number of carbonyl (C=O) groups is 1. The third-order valence-corrected chi connectivity index (χ3v) is 5.14. The van der Waals surface area contributed by atoms with Crippen LogP contribution in [0, 0.1) is 0 Å². The Balaban J connectivity index is 1.63. The van der Waals surface area contributed by atoms with Crippen LogP contribution in [0.5, 0.6) is 0 Å². The van der Waals surface area contributed by atoms with Gasteiger partial charge in [0.2, 0.25) is 11.9 Å². The molecule has 2 atom stereocenters. The van der Waals surface area contributed by atoms with E-state index < -0.39 is 6.04 Å². The van der Waals surface area contributed by atoms with E-state index in [0.29, 0.717) is 40.6 Å². The van der Waals surface area contributed by atoms with Crippen molar-refractivity contribution in [1.29, 1.82) is 0 Å². The number of aromatic nitrogens is 2. The number of hydrogen-bond acceptors (Lipinski definition) is 6. The van der Waals surface area contributed by atoms with Gasteiger partial charge >= 0.3 is 0 Å². The normalized spacial score (nSPS) is 11.6. The summed E-state index contributed by atoms with van der Waals surface area (Å²) in [5, 5.41) is 10.5. The van der Waals surface area contributed by atoms with Crippen molar-refractivity contribution in [1.82, 2.24) is 15.3 Å². The summed E-state index contributed by atoms with van der Waals surface area (Å²) in [6.45, 7) is 2.96. The van der Waals surface area contributed by atoms with Gasteiger partial charge in [0.15, 0.2) is 0 Å². The van der Waals surface area contributed by atoms with Gasteiger partial charge in [0, 0.05) is 38.7 Å². The fourth-order valence-electron chi connectivity index (χ4n) is 2.87. The molecule has 1 heterocycles. The average Bonchev–Trinajstić information content (AvgIpc) is 2.77. The highest BCUT2D eigenvalue weighted by Gasteiger charge is 2.14. The molecule has 0 fully saturated rings. The molecule has 2 aromatic carbocycles. The number of hydrogen-bond donors (Lipinski definition) is 3. The van der Waals surface area contributed by atoms with Crippen molar-refractivity contribution in [3.05, 3.63) is 81.5 Å².